The van der Waals surface area contributed by atoms with Crippen molar-refractivity contribution in [2.75, 3.05) is 20.2 Å². The summed E-state index contributed by atoms with van der Waals surface area (Å²) in [5.41, 5.74) is 1.01. The van der Waals surface area contributed by atoms with Gasteiger partial charge in [0, 0.05) is 26.1 Å². The van der Waals surface area contributed by atoms with Crippen LogP contribution in [0.4, 0.5) is 0 Å². The highest BCUT2D eigenvalue weighted by molar-refractivity contribution is 5.79. The summed E-state index contributed by atoms with van der Waals surface area (Å²) < 4.78 is 7.09. The second kappa shape index (κ2) is 6.81. The Labute approximate surface area is 136 Å². The van der Waals surface area contributed by atoms with Gasteiger partial charge in [-0.2, -0.15) is 0 Å². The molecule has 2 heterocycles. The van der Waals surface area contributed by atoms with E-state index in [4.69, 9.17) is 4.74 Å². The third-order valence-electron chi connectivity index (χ3n) is 4.40. The maximum atomic E-state index is 12.6. The molecule has 6 heteroatoms. The molecule has 1 unspecified atom stereocenters. The number of nitrogens with zero attached hydrogens (tertiary/aromatic N) is 4. The van der Waals surface area contributed by atoms with E-state index in [0.717, 1.165) is 43.1 Å². The summed E-state index contributed by atoms with van der Waals surface area (Å²) in [4.78, 5) is 14.5. The number of hydrogen-bond acceptors (Lipinski definition) is 4. The maximum Gasteiger partial charge on any atom is 0.227 e. The third kappa shape index (κ3) is 3.52. The van der Waals surface area contributed by atoms with Gasteiger partial charge in [0.05, 0.1) is 13.5 Å². The van der Waals surface area contributed by atoms with Crippen LogP contribution in [0.1, 0.15) is 30.1 Å². The van der Waals surface area contributed by atoms with Crippen LogP contribution in [0.25, 0.3) is 0 Å². The van der Waals surface area contributed by atoms with Gasteiger partial charge in [0.15, 0.2) is 0 Å². The molecule has 0 spiro atoms. The molecular weight excluding hydrogens is 292 g/mol. The molecule has 0 saturated carbocycles. The zero-order chi connectivity index (χ0) is 16.2. The topological polar surface area (TPSA) is 60.2 Å². The van der Waals surface area contributed by atoms with E-state index < -0.39 is 0 Å². The lowest BCUT2D eigenvalue weighted by atomic mass is 9.96. The first-order valence-electron chi connectivity index (χ1n) is 7.92. The molecule has 23 heavy (non-hydrogen) atoms. The lowest BCUT2D eigenvalue weighted by Crippen LogP contribution is -2.40. The Kier molecular flexibility index (Phi) is 4.60. The van der Waals surface area contributed by atoms with Gasteiger partial charge in [-0.15, -0.1) is 10.2 Å². The number of likely N-dealkylation sites (tertiary alicyclic amines) is 1. The van der Waals surface area contributed by atoms with Crippen LogP contribution in [-0.4, -0.2) is 45.8 Å². The first-order chi connectivity index (χ1) is 11.2. The van der Waals surface area contributed by atoms with Crippen molar-refractivity contribution >= 4 is 5.91 Å². The smallest absolute Gasteiger partial charge is 0.227 e. The van der Waals surface area contributed by atoms with Crippen molar-refractivity contribution in [1.82, 2.24) is 19.7 Å². The Bertz CT molecular complexity index is 665. The molecule has 1 saturated heterocycles. The van der Waals surface area contributed by atoms with E-state index in [1.165, 1.54) is 0 Å². The molecule has 0 bridgehead atoms. The Morgan fingerprint density at radius 2 is 2.13 bits per heavy atom. The van der Waals surface area contributed by atoms with Crippen molar-refractivity contribution < 1.29 is 9.53 Å². The van der Waals surface area contributed by atoms with Crippen molar-refractivity contribution in [3.8, 4) is 5.75 Å². The maximum absolute atomic E-state index is 12.6. The molecule has 0 aliphatic carbocycles. The minimum atomic E-state index is 0.169. The van der Waals surface area contributed by atoms with Gasteiger partial charge in [-0.1, -0.05) is 12.1 Å². The van der Waals surface area contributed by atoms with Crippen molar-refractivity contribution in [3.63, 3.8) is 0 Å². The molecule has 0 N–H and O–H groups in total. The van der Waals surface area contributed by atoms with Gasteiger partial charge in [-0.25, -0.2) is 0 Å². The lowest BCUT2D eigenvalue weighted by molar-refractivity contribution is -0.131. The molecule has 1 aromatic carbocycles. The monoisotopic (exact) mass is 314 g/mol. The van der Waals surface area contributed by atoms with Crippen molar-refractivity contribution in [2.45, 2.75) is 25.2 Å². The number of piperidine rings is 1. The van der Waals surface area contributed by atoms with Crippen LogP contribution in [0, 0.1) is 0 Å². The van der Waals surface area contributed by atoms with E-state index in [-0.39, 0.29) is 11.8 Å². The second-order valence-electron chi connectivity index (χ2n) is 6.00. The van der Waals surface area contributed by atoms with Gasteiger partial charge in [0.25, 0.3) is 0 Å². The Balaban J connectivity index is 1.63. The van der Waals surface area contributed by atoms with E-state index in [1.54, 1.807) is 13.4 Å². The SMILES string of the molecule is COc1ccc(CC(=O)N2CCCC(c3nncn3C)C2)cc1. The Hall–Kier alpha value is -2.37. The second-order valence-corrected chi connectivity index (χ2v) is 6.00. The van der Waals surface area contributed by atoms with E-state index in [0.29, 0.717) is 6.42 Å². The summed E-state index contributed by atoms with van der Waals surface area (Å²) >= 11 is 0. The molecule has 1 amide bonds. The highest BCUT2D eigenvalue weighted by Crippen LogP contribution is 2.25. The standard InChI is InChI=1S/C17H22N4O2/c1-20-12-18-19-17(20)14-4-3-9-21(11-14)16(22)10-13-5-7-15(23-2)8-6-13/h5-8,12,14H,3-4,9-11H2,1-2H3. The molecule has 122 valence electrons. The van der Waals surface area contributed by atoms with Crippen LogP contribution in [0.2, 0.25) is 0 Å². The number of rotatable bonds is 4. The molecule has 3 rings (SSSR count). The summed E-state index contributed by atoms with van der Waals surface area (Å²) in [5, 5.41) is 8.15. The molecular formula is C17H22N4O2. The van der Waals surface area contributed by atoms with Crippen molar-refractivity contribution in [2.24, 2.45) is 7.05 Å². The Morgan fingerprint density at radius 3 is 2.78 bits per heavy atom. The van der Waals surface area contributed by atoms with Gasteiger partial charge < -0.3 is 14.2 Å². The van der Waals surface area contributed by atoms with E-state index in [1.807, 2.05) is 40.8 Å². The molecule has 1 aliphatic heterocycles. The highest BCUT2D eigenvalue weighted by atomic mass is 16.5. The summed E-state index contributed by atoms with van der Waals surface area (Å²) in [7, 11) is 3.59. The minimum absolute atomic E-state index is 0.169. The summed E-state index contributed by atoms with van der Waals surface area (Å²) in [5.74, 6) is 2.21. The van der Waals surface area contributed by atoms with Gasteiger partial charge in [-0.3, -0.25) is 4.79 Å². The minimum Gasteiger partial charge on any atom is -0.497 e. The summed E-state index contributed by atoms with van der Waals surface area (Å²) in [6, 6.07) is 7.67. The molecule has 1 atom stereocenters. The average Bonchev–Trinajstić information content (AvgIpc) is 3.02. The highest BCUT2D eigenvalue weighted by Gasteiger charge is 2.27. The molecule has 1 aliphatic rings. The fourth-order valence-electron chi connectivity index (χ4n) is 3.11. The largest absolute Gasteiger partial charge is 0.497 e. The van der Waals surface area contributed by atoms with Crippen LogP contribution in [0.5, 0.6) is 5.75 Å². The number of benzene rings is 1. The number of carbonyl (C=O) groups is 1. The fraction of sp³-hybridized carbons (Fsp3) is 0.471. The fourth-order valence-corrected chi connectivity index (χ4v) is 3.11. The predicted molar refractivity (Wildman–Crippen MR) is 86.3 cm³/mol. The van der Waals surface area contributed by atoms with Gasteiger partial charge >= 0.3 is 0 Å². The van der Waals surface area contributed by atoms with Crippen LogP contribution in [0.3, 0.4) is 0 Å². The first kappa shape index (κ1) is 15.5. The van der Waals surface area contributed by atoms with Crippen LogP contribution >= 0.6 is 0 Å². The molecule has 6 nitrogen and oxygen atoms in total. The van der Waals surface area contributed by atoms with E-state index >= 15 is 0 Å². The number of aryl methyl sites for hydroxylation is 1. The molecule has 1 aromatic heterocycles. The quantitative estimate of drug-likeness (QED) is 0.863. The zero-order valence-electron chi connectivity index (χ0n) is 13.6. The molecule has 1 fully saturated rings. The number of aromatic nitrogens is 3. The number of hydrogen-bond donors (Lipinski definition) is 0. The van der Waals surface area contributed by atoms with Crippen LogP contribution in [0.15, 0.2) is 30.6 Å². The lowest BCUT2D eigenvalue weighted by Gasteiger charge is -2.32. The van der Waals surface area contributed by atoms with Gasteiger partial charge in [0.1, 0.15) is 17.9 Å². The molecule has 0 radical (unpaired) electrons. The van der Waals surface area contributed by atoms with Crippen molar-refractivity contribution in [3.05, 3.63) is 42.0 Å². The summed E-state index contributed by atoms with van der Waals surface area (Å²) in [6.07, 6.45) is 4.20. The van der Waals surface area contributed by atoms with E-state index in [9.17, 15) is 4.79 Å². The number of carbonyl (C=O) groups excluding carboxylic acids is 1. The zero-order valence-corrected chi connectivity index (χ0v) is 13.6. The van der Waals surface area contributed by atoms with E-state index in [2.05, 4.69) is 10.2 Å². The van der Waals surface area contributed by atoms with Crippen LogP contribution in [-0.2, 0) is 18.3 Å². The van der Waals surface area contributed by atoms with Crippen molar-refractivity contribution in [1.29, 1.82) is 0 Å². The first-order valence-corrected chi connectivity index (χ1v) is 7.92. The predicted octanol–water partition coefficient (Wildman–Crippen LogP) is 1.77. The third-order valence-corrected chi connectivity index (χ3v) is 4.40. The molecule has 2 aromatic rings. The number of amides is 1. The number of ether oxygens (including phenoxy) is 1. The van der Waals surface area contributed by atoms with Crippen LogP contribution < -0.4 is 4.74 Å². The Morgan fingerprint density at radius 1 is 1.35 bits per heavy atom. The van der Waals surface area contributed by atoms with Gasteiger partial charge in [-0.05, 0) is 30.5 Å². The van der Waals surface area contributed by atoms with Gasteiger partial charge in [0.2, 0.25) is 5.91 Å². The average molecular weight is 314 g/mol. The number of methoxy groups -OCH3 is 1. The normalized spacial score (nSPS) is 18.0. The summed E-state index contributed by atoms with van der Waals surface area (Å²) in [6.45, 7) is 1.55.